The second kappa shape index (κ2) is 6.71. The van der Waals surface area contributed by atoms with Crippen molar-refractivity contribution < 1.29 is 19.8 Å². The van der Waals surface area contributed by atoms with Crippen LogP contribution < -0.4 is 5.32 Å². The third kappa shape index (κ3) is 4.67. The molecule has 19 heavy (non-hydrogen) atoms. The third-order valence-corrected chi connectivity index (χ3v) is 3.01. The van der Waals surface area contributed by atoms with E-state index in [4.69, 9.17) is 5.11 Å². The normalized spacial score (nSPS) is 11.8. The summed E-state index contributed by atoms with van der Waals surface area (Å²) in [5.41, 5.74) is 0.265. The summed E-state index contributed by atoms with van der Waals surface area (Å²) in [4.78, 5) is 24.2. The van der Waals surface area contributed by atoms with Crippen LogP contribution in [0.4, 0.5) is 10.5 Å². The van der Waals surface area contributed by atoms with Gasteiger partial charge in [-0.05, 0) is 47.7 Å². The van der Waals surface area contributed by atoms with Gasteiger partial charge in [-0.15, -0.1) is 0 Å². The molecule has 0 saturated carbocycles. The lowest BCUT2D eigenvalue weighted by Gasteiger charge is -2.20. The maximum absolute atomic E-state index is 11.8. The van der Waals surface area contributed by atoms with Crippen molar-refractivity contribution in [3.8, 4) is 0 Å². The Kier molecular flexibility index (Phi) is 5.55. The lowest BCUT2D eigenvalue weighted by molar-refractivity contribution is 0.0698. The van der Waals surface area contributed by atoms with Crippen LogP contribution in [0.2, 0.25) is 0 Å². The largest absolute Gasteiger partial charge is 0.478 e. The molecule has 0 aliphatic heterocycles. The van der Waals surface area contributed by atoms with E-state index in [9.17, 15) is 14.7 Å². The molecule has 0 bridgehead atoms. The molecule has 3 N–H and O–H groups in total. The molecule has 0 aliphatic carbocycles. The van der Waals surface area contributed by atoms with Gasteiger partial charge in [0.15, 0.2) is 0 Å². The Balaban J connectivity index is 2.87. The summed E-state index contributed by atoms with van der Waals surface area (Å²) in [7, 11) is 1.52. The first kappa shape index (κ1) is 15.7. The quantitative estimate of drug-likeness (QED) is 0.698. The van der Waals surface area contributed by atoms with Crippen molar-refractivity contribution in [2.45, 2.75) is 13.0 Å². The standard InChI is InChI=1S/C12H15IN2O4/c1-7(16)6-15(2)12(19)14-10-4-3-8(13)5-9(10)11(17)18/h3-5,7,16H,6H2,1-2H3,(H,14,19)(H,17,18). The van der Waals surface area contributed by atoms with Crippen LogP contribution in [-0.2, 0) is 0 Å². The van der Waals surface area contributed by atoms with Crippen LogP contribution in [0.15, 0.2) is 18.2 Å². The van der Waals surface area contributed by atoms with E-state index in [-0.39, 0.29) is 17.8 Å². The molecule has 7 heteroatoms. The number of urea groups is 1. The summed E-state index contributed by atoms with van der Waals surface area (Å²) in [6.07, 6.45) is -0.647. The first-order valence-electron chi connectivity index (χ1n) is 5.54. The Morgan fingerprint density at radius 3 is 2.63 bits per heavy atom. The maximum Gasteiger partial charge on any atom is 0.337 e. The molecule has 1 rings (SSSR count). The van der Waals surface area contributed by atoms with Crippen molar-refractivity contribution in [2.75, 3.05) is 18.9 Å². The number of carboxylic acid groups (broad SMARTS) is 1. The summed E-state index contributed by atoms with van der Waals surface area (Å²) in [6, 6.07) is 4.26. The molecule has 1 aromatic rings. The summed E-state index contributed by atoms with van der Waals surface area (Å²) < 4.78 is 0.769. The van der Waals surface area contributed by atoms with Gasteiger partial charge < -0.3 is 20.4 Å². The molecule has 0 radical (unpaired) electrons. The van der Waals surface area contributed by atoms with Crippen LogP contribution in [0.1, 0.15) is 17.3 Å². The number of aromatic carboxylic acids is 1. The number of anilines is 1. The van der Waals surface area contributed by atoms with Gasteiger partial charge in [-0.3, -0.25) is 0 Å². The Morgan fingerprint density at radius 1 is 1.47 bits per heavy atom. The fourth-order valence-corrected chi connectivity index (χ4v) is 1.98. The van der Waals surface area contributed by atoms with E-state index < -0.39 is 18.1 Å². The van der Waals surface area contributed by atoms with E-state index in [2.05, 4.69) is 5.32 Å². The molecule has 2 amide bonds. The first-order chi connectivity index (χ1) is 8.81. The molecule has 0 saturated heterocycles. The van der Waals surface area contributed by atoms with Gasteiger partial charge in [-0.25, -0.2) is 9.59 Å². The average molecular weight is 378 g/mol. The molecule has 1 atom stereocenters. The number of rotatable bonds is 4. The highest BCUT2D eigenvalue weighted by Crippen LogP contribution is 2.19. The Morgan fingerprint density at radius 2 is 2.11 bits per heavy atom. The Labute approximate surface area is 124 Å². The Bertz CT molecular complexity index is 491. The van der Waals surface area contributed by atoms with Crippen LogP contribution in [0.3, 0.4) is 0 Å². The zero-order valence-corrected chi connectivity index (χ0v) is 12.7. The van der Waals surface area contributed by atoms with E-state index in [0.29, 0.717) is 0 Å². The van der Waals surface area contributed by atoms with Crippen molar-refractivity contribution in [3.63, 3.8) is 0 Å². The number of hydrogen-bond acceptors (Lipinski definition) is 3. The fraction of sp³-hybridized carbons (Fsp3) is 0.333. The van der Waals surface area contributed by atoms with Crippen LogP contribution in [0, 0.1) is 3.57 Å². The number of hydrogen-bond donors (Lipinski definition) is 3. The molecule has 0 aliphatic rings. The molecule has 0 spiro atoms. The van der Waals surface area contributed by atoms with Crippen molar-refractivity contribution >= 4 is 40.3 Å². The minimum atomic E-state index is -1.10. The zero-order chi connectivity index (χ0) is 14.6. The van der Waals surface area contributed by atoms with Crippen molar-refractivity contribution in [1.29, 1.82) is 0 Å². The van der Waals surface area contributed by atoms with Crippen LogP contribution in [-0.4, -0.2) is 46.8 Å². The molecule has 1 aromatic carbocycles. The SMILES string of the molecule is CC(O)CN(C)C(=O)Nc1ccc(I)cc1C(=O)O. The van der Waals surface area contributed by atoms with Gasteiger partial charge >= 0.3 is 12.0 Å². The minimum absolute atomic E-state index is 0.0331. The minimum Gasteiger partial charge on any atom is -0.478 e. The monoisotopic (exact) mass is 378 g/mol. The zero-order valence-electron chi connectivity index (χ0n) is 10.6. The van der Waals surface area contributed by atoms with Crippen molar-refractivity contribution in [3.05, 3.63) is 27.3 Å². The van der Waals surface area contributed by atoms with Gasteiger partial charge in [0.2, 0.25) is 0 Å². The predicted octanol–water partition coefficient (Wildman–Crippen LogP) is 1.83. The van der Waals surface area contributed by atoms with Crippen molar-refractivity contribution in [1.82, 2.24) is 4.90 Å². The second-order valence-corrected chi connectivity index (χ2v) is 5.40. The van der Waals surface area contributed by atoms with Crippen LogP contribution >= 0.6 is 22.6 Å². The van der Waals surface area contributed by atoms with E-state index in [1.807, 2.05) is 22.6 Å². The molecule has 0 fully saturated rings. The highest BCUT2D eigenvalue weighted by Gasteiger charge is 2.16. The maximum atomic E-state index is 11.8. The summed E-state index contributed by atoms with van der Waals surface area (Å²) in [6.45, 7) is 1.73. The number of amides is 2. The average Bonchev–Trinajstić information content (AvgIpc) is 2.30. The number of aliphatic hydroxyl groups excluding tert-OH is 1. The van der Waals surface area contributed by atoms with Gasteiger partial charge in [0.05, 0.1) is 17.4 Å². The summed E-state index contributed by atoms with van der Waals surface area (Å²) in [5, 5.41) is 20.8. The number of likely N-dealkylation sites (N-methyl/N-ethyl adjacent to an activating group) is 1. The van der Waals surface area contributed by atoms with Gasteiger partial charge in [0.1, 0.15) is 0 Å². The number of halogens is 1. The molecule has 0 heterocycles. The molecule has 0 aromatic heterocycles. The lowest BCUT2D eigenvalue weighted by Crippen LogP contribution is -2.36. The van der Waals surface area contributed by atoms with Gasteiger partial charge in [-0.2, -0.15) is 0 Å². The predicted molar refractivity (Wildman–Crippen MR) is 79.4 cm³/mol. The number of benzene rings is 1. The molecule has 104 valence electrons. The van der Waals surface area contributed by atoms with E-state index >= 15 is 0 Å². The number of aliphatic hydroxyl groups is 1. The van der Waals surface area contributed by atoms with Crippen molar-refractivity contribution in [2.24, 2.45) is 0 Å². The first-order valence-corrected chi connectivity index (χ1v) is 6.62. The highest BCUT2D eigenvalue weighted by atomic mass is 127. The van der Waals surface area contributed by atoms with Crippen LogP contribution in [0.25, 0.3) is 0 Å². The third-order valence-electron chi connectivity index (χ3n) is 2.34. The summed E-state index contributed by atoms with van der Waals surface area (Å²) >= 11 is 2.00. The molecule has 6 nitrogen and oxygen atoms in total. The number of carboxylic acids is 1. The van der Waals surface area contributed by atoms with E-state index in [0.717, 1.165) is 3.57 Å². The van der Waals surface area contributed by atoms with E-state index in [1.54, 1.807) is 19.1 Å². The number of nitrogens with one attached hydrogen (secondary N) is 1. The topological polar surface area (TPSA) is 89.9 Å². The molecule has 1 unspecified atom stereocenters. The number of nitrogens with zero attached hydrogens (tertiary/aromatic N) is 1. The van der Waals surface area contributed by atoms with E-state index in [1.165, 1.54) is 18.0 Å². The number of carbonyl (C=O) groups is 2. The van der Waals surface area contributed by atoms with Gasteiger partial charge in [0, 0.05) is 17.2 Å². The van der Waals surface area contributed by atoms with Gasteiger partial charge in [0.25, 0.3) is 0 Å². The smallest absolute Gasteiger partial charge is 0.337 e. The Hall–Kier alpha value is -1.35. The van der Waals surface area contributed by atoms with Gasteiger partial charge in [-0.1, -0.05) is 0 Å². The molecular formula is C12H15IN2O4. The lowest BCUT2D eigenvalue weighted by atomic mass is 10.2. The van der Waals surface area contributed by atoms with Crippen LogP contribution in [0.5, 0.6) is 0 Å². The number of carbonyl (C=O) groups excluding carboxylic acids is 1. The fourth-order valence-electron chi connectivity index (χ4n) is 1.49. The molecular weight excluding hydrogens is 363 g/mol. The highest BCUT2D eigenvalue weighted by molar-refractivity contribution is 14.1. The second-order valence-electron chi connectivity index (χ2n) is 4.15. The summed E-state index contributed by atoms with van der Waals surface area (Å²) in [5.74, 6) is -1.10.